The van der Waals surface area contributed by atoms with E-state index >= 15 is 0 Å². The first kappa shape index (κ1) is 19.9. The molecule has 142 valence electrons. The molecule has 2 rings (SSSR count). The van der Waals surface area contributed by atoms with Gasteiger partial charge in [0.25, 0.3) is 0 Å². The molecule has 0 saturated heterocycles. The number of amides is 1. The van der Waals surface area contributed by atoms with Gasteiger partial charge < -0.3 is 14.2 Å². The number of ether oxygens (including phenoxy) is 1. The Morgan fingerprint density at radius 3 is 2.38 bits per heavy atom. The quantitative estimate of drug-likeness (QED) is 0.643. The molecular weight excluding hydrogens is 330 g/mol. The fraction of sp³-hybridized carbons (Fsp3) is 0.550. The molecule has 1 aromatic heterocycles. The highest BCUT2D eigenvalue weighted by atomic mass is 16.5. The van der Waals surface area contributed by atoms with E-state index in [4.69, 9.17) is 4.74 Å². The molecule has 26 heavy (non-hydrogen) atoms. The van der Waals surface area contributed by atoms with Crippen LogP contribution in [0.2, 0.25) is 0 Å². The maximum atomic E-state index is 12.9. The zero-order valence-electron chi connectivity index (χ0n) is 16.4. The summed E-state index contributed by atoms with van der Waals surface area (Å²) in [6.45, 7) is 9.34. The normalized spacial score (nSPS) is 11.2. The lowest BCUT2D eigenvalue weighted by atomic mass is 10.1. The molecule has 0 saturated carbocycles. The van der Waals surface area contributed by atoms with E-state index in [2.05, 4.69) is 18.8 Å². The fourth-order valence-electron chi connectivity index (χ4n) is 2.97. The van der Waals surface area contributed by atoms with Crippen LogP contribution in [0.4, 0.5) is 0 Å². The molecule has 0 atom stereocenters. The molecule has 0 fully saturated rings. The third kappa shape index (κ3) is 4.23. The van der Waals surface area contributed by atoms with Crippen LogP contribution >= 0.6 is 0 Å². The molecule has 0 spiro atoms. The minimum atomic E-state index is -0.190. The van der Waals surface area contributed by atoms with Crippen LogP contribution in [0.5, 0.6) is 5.75 Å². The predicted octanol–water partition coefficient (Wildman–Crippen LogP) is 3.53. The number of carbonyl (C=O) groups excluding carboxylic acids is 2. The molecule has 0 unspecified atom stereocenters. The number of rotatable bonds is 9. The number of hydrogen-bond donors (Lipinski definition) is 0. The number of Topliss-reactive ketones (excluding diaryl/α,β-unsaturated/α-hetero) is 1. The lowest BCUT2D eigenvalue weighted by Crippen LogP contribution is -2.35. The second kappa shape index (κ2) is 8.83. The van der Waals surface area contributed by atoms with Gasteiger partial charge >= 0.3 is 0 Å². The van der Waals surface area contributed by atoms with Gasteiger partial charge in [-0.25, -0.2) is 4.98 Å². The van der Waals surface area contributed by atoms with Gasteiger partial charge in [-0.1, -0.05) is 27.7 Å². The van der Waals surface area contributed by atoms with Crippen LogP contribution in [0, 0.1) is 5.92 Å². The molecule has 0 aliphatic rings. The van der Waals surface area contributed by atoms with Gasteiger partial charge in [-0.05, 0) is 25.0 Å². The molecular formula is C20H29N3O3. The summed E-state index contributed by atoms with van der Waals surface area (Å²) in [6.07, 6.45) is 1.81. The molecule has 0 aliphatic carbocycles. The van der Waals surface area contributed by atoms with E-state index in [9.17, 15) is 9.59 Å². The van der Waals surface area contributed by atoms with Gasteiger partial charge in [0.15, 0.2) is 5.82 Å². The molecule has 1 aromatic carbocycles. The Morgan fingerprint density at radius 2 is 1.85 bits per heavy atom. The van der Waals surface area contributed by atoms with E-state index in [1.54, 1.807) is 11.7 Å². The number of imidazole rings is 1. The van der Waals surface area contributed by atoms with Gasteiger partial charge in [-0.3, -0.25) is 9.59 Å². The van der Waals surface area contributed by atoms with Crippen LogP contribution in [-0.4, -0.2) is 46.3 Å². The number of benzene rings is 1. The zero-order valence-corrected chi connectivity index (χ0v) is 16.4. The number of fused-ring (bicyclic) bond motifs is 1. The monoisotopic (exact) mass is 359 g/mol. The summed E-state index contributed by atoms with van der Waals surface area (Å²) in [4.78, 5) is 31.9. The summed E-state index contributed by atoms with van der Waals surface area (Å²) in [7, 11) is 1.59. The van der Waals surface area contributed by atoms with Crippen molar-refractivity contribution in [2.45, 2.75) is 47.1 Å². The Kier molecular flexibility index (Phi) is 6.77. The second-order valence-corrected chi connectivity index (χ2v) is 6.78. The summed E-state index contributed by atoms with van der Waals surface area (Å²) >= 11 is 0. The van der Waals surface area contributed by atoms with Crippen molar-refractivity contribution in [3.05, 3.63) is 24.0 Å². The van der Waals surface area contributed by atoms with E-state index in [-0.39, 0.29) is 24.2 Å². The van der Waals surface area contributed by atoms with Gasteiger partial charge in [0, 0.05) is 25.1 Å². The van der Waals surface area contributed by atoms with Crippen LogP contribution in [0.15, 0.2) is 18.2 Å². The third-order valence-corrected chi connectivity index (χ3v) is 4.33. The molecule has 6 heteroatoms. The van der Waals surface area contributed by atoms with Crippen LogP contribution in [0.25, 0.3) is 11.0 Å². The molecule has 1 heterocycles. The number of aromatic nitrogens is 2. The average Bonchev–Trinajstić information content (AvgIpc) is 2.98. The van der Waals surface area contributed by atoms with Crippen molar-refractivity contribution in [3.63, 3.8) is 0 Å². The summed E-state index contributed by atoms with van der Waals surface area (Å²) in [6, 6.07) is 5.46. The first-order chi connectivity index (χ1) is 12.4. The number of nitrogens with zero attached hydrogens (tertiary/aromatic N) is 3. The highest BCUT2D eigenvalue weighted by Crippen LogP contribution is 2.23. The highest BCUT2D eigenvalue weighted by molar-refractivity contribution is 5.98. The number of methoxy groups -OCH3 is 1. The Morgan fingerprint density at radius 1 is 1.19 bits per heavy atom. The summed E-state index contributed by atoms with van der Waals surface area (Å²) in [5.41, 5.74) is 1.44. The topological polar surface area (TPSA) is 64.4 Å². The SMILES string of the molecule is CCCN(CCC)C(=O)Cn1c(C(=O)C(C)C)nc2ccc(OC)cc21. The van der Waals surface area contributed by atoms with Gasteiger partial charge in [0.05, 0.1) is 18.1 Å². The van der Waals surface area contributed by atoms with Gasteiger partial charge in [0.2, 0.25) is 11.7 Å². The maximum absolute atomic E-state index is 12.9. The molecule has 0 radical (unpaired) electrons. The smallest absolute Gasteiger partial charge is 0.242 e. The Balaban J connectivity index is 2.49. The van der Waals surface area contributed by atoms with Crippen LogP contribution in [0.3, 0.4) is 0 Å². The number of hydrogen-bond acceptors (Lipinski definition) is 4. The highest BCUT2D eigenvalue weighted by Gasteiger charge is 2.23. The fourth-order valence-corrected chi connectivity index (χ4v) is 2.97. The van der Waals surface area contributed by atoms with E-state index in [0.717, 1.165) is 31.4 Å². The maximum Gasteiger partial charge on any atom is 0.242 e. The van der Waals surface area contributed by atoms with Gasteiger partial charge in [-0.2, -0.15) is 0 Å². The van der Waals surface area contributed by atoms with Gasteiger partial charge in [0.1, 0.15) is 12.3 Å². The lowest BCUT2D eigenvalue weighted by Gasteiger charge is -2.22. The van der Waals surface area contributed by atoms with Crippen LogP contribution in [0.1, 0.15) is 51.2 Å². The summed E-state index contributed by atoms with van der Waals surface area (Å²) < 4.78 is 7.04. The molecule has 0 aliphatic heterocycles. The molecule has 0 bridgehead atoms. The molecule has 6 nitrogen and oxygen atoms in total. The van der Waals surface area contributed by atoms with Crippen molar-refractivity contribution in [2.75, 3.05) is 20.2 Å². The first-order valence-corrected chi connectivity index (χ1v) is 9.29. The zero-order chi connectivity index (χ0) is 19.3. The number of ketones is 1. The number of carbonyl (C=O) groups is 2. The Bertz CT molecular complexity index is 774. The first-order valence-electron chi connectivity index (χ1n) is 9.29. The third-order valence-electron chi connectivity index (χ3n) is 4.33. The summed E-state index contributed by atoms with van der Waals surface area (Å²) in [5.74, 6) is 0.766. The van der Waals surface area contributed by atoms with Crippen LogP contribution < -0.4 is 4.74 Å². The van der Waals surface area contributed by atoms with Crippen molar-refractivity contribution in [1.29, 1.82) is 0 Å². The second-order valence-electron chi connectivity index (χ2n) is 6.78. The van der Waals surface area contributed by atoms with E-state index < -0.39 is 0 Å². The average molecular weight is 359 g/mol. The van der Waals surface area contributed by atoms with Crippen LogP contribution in [-0.2, 0) is 11.3 Å². The molecule has 2 aromatic rings. The van der Waals surface area contributed by atoms with Crippen molar-refractivity contribution < 1.29 is 14.3 Å². The van der Waals surface area contributed by atoms with E-state index in [0.29, 0.717) is 17.1 Å². The van der Waals surface area contributed by atoms with Crippen molar-refractivity contribution in [3.8, 4) is 5.75 Å². The van der Waals surface area contributed by atoms with Crippen molar-refractivity contribution in [2.24, 2.45) is 5.92 Å². The minimum Gasteiger partial charge on any atom is -0.497 e. The Hall–Kier alpha value is -2.37. The predicted molar refractivity (Wildman–Crippen MR) is 103 cm³/mol. The largest absolute Gasteiger partial charge is 0.497 e. The standard InChI is InChI=1S/C20H29N3O3/c1-6-10-22(11-7-2)18(24)13-23-17-12-15(26-5)8-9-16(17)21-20(23)19(25)14(3)4/h8-9,12,14H,6-7,10-11,13H2,1-5H3. The molecule has 1 amide bonds. The van der Waals surface area contributed by atoms with E-state index in [1.807, 2.05) is 36.9 Å². The minimum absolute atomic E-state index is 0.00799. The van der Waals surface area contributed by atoms with Crippen molar-refractivity contribution >= 4 is 22.7 Å². The Labute approximate surface area is 155 Å². The summed E-state index contributed by atoms with van der Waals surface area (Å²) in [5, 5.41) is 0. The molecule has 0 N–H and O–H groups in total. The lowest BCUT2D eigenvalue weighted by molar-refractivity contribution is -0.131. The van der Waals surface area contributed by atoms with Gasteiger partial charge in [-0.15, -0.1) is 0 Å². The van der Waals surface area contributed by atoms with Crippen molar-refractivity contribution in [1.82, 2.24) is 14.5 Å². The van der Waals surface area contributed by atoms with E-state index in [1.165, 1.54) is 0 Å².